The summed E-state index contributed by atoms with van der Waals surface area (Å²) in [6.45, 7) is 0.642. The highest BCUT2D eigenvalue weighted by Gasteiger charge is 1.88. The fraction of sp³-hybridized carbons (Fsp3) is 0.143. The monoisotopic (exact) mass is 163 g/mol. The summed E-state index contributed by atoms with van der Waals surface area (Å²) < 4.78 is 3.57. The number of aromatic nitrogens is 4. The third-order valence-electron chi connectivity index (χ3n) is 1.48. The van der Waals surface area contributed by atoms with E-state index in [4.69, 9.17) is 0 Å². The molecule has 0 saturated carbocycles. The lowest BCUT2D eigenvalue weighted by Gasteiger charge is -2.05. The van der Waals surface area contributed by atoms with E-state index in [1.165, 1.54) is 0 Å². The van der Waals surface area contributed by atoms with Crippen LogP contribution in [0.15, 0.2) is 37.2 Å². The minimum absolute atomic E-state index is 0.642. The first-order valence-corrected chi connectivity index (χ1v) is 3.64. The number of imidazole rings is 1. The van der Waals surface area contributed by atoms with Crippen molar-refractivity contribution in [3.05, 3.63) is 37.2 Å². The van der Waals surface area contributed by atoms with E-state index in [1.807, 2.05) is 18.5 Å². The van der Waals surface area contributed by atoms with E-state index in [0.29, 0.717) is 6.67 Å². The van der Waals surface area contributed by atoms with Gasteiger partial charge in [-0.3, -0.25) is 9.36 Å². The second-order valence-electron chi connectivity index (χ2n) is 2.33. The van der Waals surface area contributed by atoms with Gasteiger partial charge in [0.05, 0.1) is 0 Å². The average molecular weight is 163 g/mol. The number of hydrogen-bond acceptors (Lipinski definition) is 3. The van der Waals surface area contributed by atoms with E-state index in [-0.39, 0.29) is 0 Å². The molecule has 0 atom stereocenters. The lowest BCUT2D eigenvalue weighted by Crippen LogP contribution is -2.17. The van der Waals surface area contributed by atoms with Gasteiger partial charge in [-0.05, 0) is 6.07 Å². The van der Waals surface area contributed by atoms with Crippen LogP contribution in [0.5, 0.6) is 0 Å². The van der Waals surface area contributed by atoms with Crippen molar-refractivity contribution in [2.45, 2.75) is 6.67 Å². The molecule has 12 heavy (non-hydrogen) atoms. The van der Waals surface area contributed by atoms with Gasteiger partial charge in [-0.25, -0.2) is 4.98 Å². The third kappa shape index (κ3) is 1.45. The predicted octanol–water partition coefficient (Wildman–Crippen LogP) is 0.281. The smallest absolute Gasteiger partial charge is 0.123 e. The Bertz CT molecular complexity index is 275. The highest BCUT2D eigenvalue weighted by molar-refractivity contribution is 4.81. The van der Waals surface area contributed by atoms with Gasteiger partial charge in [0, 0.05) is 24.8 Å². The van der Waals surface area contributed by atoms with E-state index in [1.54, 1.807) is 28.1 Å². The van der Waals surface area contributed by atoms with E-state index < -0.39 is 0 Å². The van der Waals surface area contributed by atoms with Crippen molar-refractivity contribution in [2.24, 2.45) is 0 Å². The Balaban J connectivity index is 1.91. The SMILES string of the molecule is c1cnn(CNn2ccnc2)c1. The quantitative estimate of drug-likeness (QED) is 0.707. The van der Waals surface area contributed by atoms with Crippen LogP contribution in [-0.4, -0.2) is 19.4 Å². The highest BCUT2D eigenvalue weighted by Crippen LogP contribution is 1.84. The summed E-state index contributed by atoms with van der Waals surface area (Å²) in [4.78, 5) is 3.89. The van der Waals surface area contributed by atoms with Crippen molar-refractivity contribution in [1.29, 1.82) is 0 Å². The van der Waals surface area contributed by atoms with Crippen LogP contribution in [0, 0.1) is 0 Å². The molecule has 1 N–H and O–H groups in total. The molecule has 5 heteroatoms. The zero-order valence-electron chi connectivity index (χ0n) is 6.46. The molecule has 0 unspecified atom stereocenters. The molecule has 0 aromatic carbocycles. The van der Waals surface area contributed by atoms with Crippen LogP contribution >= 0.6 is 0 Å². The zero-order chi connectivity index (χ0) is 8.23. The van der Waals surface area contributed by atoms with Crippen LogP contribution in [0.4, 0.5) is 0 Å². The number of rotatable bonds is 3. The molecule has 62 valence electrons. The fourth-order valence-electron chi connectivity index (χ4n) is 0.901. The molecule has 2 aromatic rings. The minimum Gasteiger partial charge on any atom is -0.304 e. The average Bonchev–Trinajstić information content (AvgIpc) is 2.74. The summed E-state index contributed by atoms with van der Waals surface area (Å²) in [6.07, 6.45) is 8.89. The molecule has 0 spiro atoms. The largest absolute Gasteiger partial charge is 0.304 e. The summed E-state index contributed by atoms with van der Waals surface area (Å²) in [5, 5.41) is 4.04. The summed E-state index contributed by atoms with van der Waals surface area (Å²) in [6, 6.07) is 1.88. The van der Waals surface area contributed by atoms with Crippen molar-refractivity contribution in [3.8, 4) is 0 Å². The summed E-state index contributed by atoms with van der Waals surface area (Å²) in [7, 11) is 0. The lowest BCUT2D eigenvalue weighted by molar-refractivity contribution is 0.613. The van der Waals surface area contributed by atoms with Crippen molar-refractivity contribution in [3.63, 3.8) is 0 Å². The molecule has 2 rings (SSSR count). The van der Waals surface area contributed by atoms with Gasteiger partial charge in [-0.1, -0.05) is 0 Å². The zero-order valence-corrected chi connectivity index (χ0v) is 6.46. The minimum atomic E-state index is 0.642. The molecule has 0 aliphatic rings. The van der Waals surface area contributed by atoms with Gasteiger partial charge in [0.15, 0.2) is 0 Å². The first-order chi connectivity index (χ1) is 5.95. The van der Waals surface area contributed by atoms with Gasteiger partial charge in [0.1, 0.15) is 13.0 Å². The predicted molar refractivity (Wildman–Crippen MR) is 43.8 cm³/mol. The topological polar surface area (TPSA) is 47.7 Å². The van der Waals surface area contributed by atoms with Crippen LogP contribution < -0.4 is 5.43 Å². The van der Waals surface area contributed by atoms with Crippen LogP contribution in [-0.2, 0) is 6.67 Å². The first-order valence-electron chi connectivity index (χ1n) is 3.64. The summed E-state index contributed by atoms with van der Waals surface area (Å²) in [5.41, 5.74) is 3.08. The Morgan fingerprint density at radius 3 is 2.92 bits per heavy atom. The second-order valence-corrected chi connectivity index (χ2v) is 2.33. The number of nitrogens with one attached hydrogen (secondary N) is 1. The molecule has 0 aliphatic carbocycles. The third-order valence-corrected chi connectivity index (χ3v) is 1.48. The van der Waals surface area contributed by atoms with E-state index in [9.17, 15) is 0 Å². The standard InChI is InChI=1S/C7H9N5/c1-2-9-11(4-1)7-10-12-5-3-8-6-12/h1-6,10H,7H2. The van der Waals surface area contributed by atoms with Crippen molar-refractivity contribution in [2.75, 3.05) is 5.43 Å². The van der Waals surface area contributed by atoms with Crippen LogP contribution in [0.25, 0.3) is 0 Å². The van der Waals surface area contributed by atoms with E-state index in [2.05, 4.69) is 15.5 Å². The van der Waals surface area contributed by atoms with Gasteiger partial charge in [0.25, 0.3) is 0 Å². The normalized spacial score (nSPS) is 10.0. The molecule has 2 heterocycles. The first kappa shape index (κ1) is 6.90. The lowest BCUT2D eigenvalue weighted by atomic mass is 10.8. The summed E-state index contributed by atoms with van der Waals surface area (Å²) >= 11 is 0. The Morgan fingerprint density at radius 2 is 2.25 bits per heavy atom. The van der Waals surface area contributed by atoms with Gasteiger partial charge in [-0.15, -0.1) is 0 Å². The number of nitrogens with zero attached hydrogens (tertiary/aromatic N) is 4. The van der Waals surface area contributed by atoms with Gasteiger partial charge < -0.3 is 5.43 Å². The Hall–Kier alpha value is -1.78. The molecule has 0 fully saturated rings. The van der Waals surface area contributed by atoms with Gasteiger partial charge >= 0.3 is 0 Å². The van der Waals surface area contributed by atoms with Crippen molar-refractivity contribution < 1.29 is 0 Å². The van der Waals surface area contributed by atoms with Gasteiger partial charge in [-0.2, -0.15) is 5.10 Å². The highest BCUT2D eigenvalue weighted by atomic mass is 15.5. The van der Waals surface area contributed by atoms with Crippen LogP contribution in [0.3, 0.4) is 0 Å². The molecule has 0 saturated heterocycles. The van der Waals surface area contributed by atoms with Crippen LogP contribution in [0.2, 0.25) is 0 Å². The maximum atomic E-state index is 4.04. The summed E-state index contributed by atoms with van der Waals surface area (Å²) in [5.74, 6) is 0. The maximum Gasteiger partial charge on any atom is 0.123 e. The molecule has 5 nitrogen and oxygen atoms in total. The Kier molecular flexibility index (Phi) is 1.77. The maximum absolute atomic E-state index is 4.04. The van der Waals surface area contributed by atoms with Crippen LogP contribution in [0.1, 0.15) is 0 Å². The molecular formula is C7H9N5. The molecule has 0 amide bonds. The fourth-order valence-corrected chi connectivity index (χ4v) is 0.901. The van der Waals surface area contributed by atoms with E-state index >= 15 is 0 Å². The molecule has 2 aromatic heterocycles. The molecule has 0 bridgehead atoms. The Morgan fingerprint density at radius 1 is 1.25 bits per heavy atom. The molecule has 0 radical (unpaired) electrons. The molecular weight excluding hydrogens is 154 g/mol. The van der Waals surface area contributed by atoms with Crippen molar-refractivity contribution in [1.82, 2.24) is 19.4 Å². The van der Waals surface area contributed by atoms with Crippen molar-refractivity contribution >= 4 is 0 Å². The van der Waals surface area contributed by atoms with Gasteiger partial charge in [0.2, 0.25) is 0 Å². The number of hydrogen-bond donors (Lipinski definition) is 1. The molecule has 0 aliphatic heterocycles. The Labute approximate surface area is 69.6 Å². The van der Waals surface area contributed by atoms with E-state index in [0.717, 1.165) is 0 Å². The second kappa shape index (κ2) is 3.08.